The Morgan fingerprint density at radius 3 is 2.77 bits per heavy atom. The van der Waals surface area contributed by atoms with Crippen molar-refractivity contribution in [1.82, 2.24) is 15.1 Å². The van der Waals surface area contributed by atoms with Crippen molar-refractivity contribution >= 4 is 12.0 Å². The topological polar surface area (TPSA) is 93.1 Å². The summed E-state index contributed by atoms with van der Waals surface area (Å²) in [6.45, 7) is 2.95. The highest BCUT2D eigenvalue weighted by Crippen LogP contribution is 2.28. The van der Waals surface area contributed by atoms with Crippen LogP contribution in [0.1, 0.15) is 31.1 Å². The van der Waals surface area contributed by atoms with Gasteiger partial charge in [-0.15, -0.1) is 0 Å². The number of carbonyl (C=O) groups is 1. The van der Waals surface area contributed by atoms with Gasteiger partial charge in [0.2, 0.25) is 0 Å². The number of furan rings is 1. The van der Waals surface area contributed by atoms with Crippen molar-refractivity contribution in [2.75, 3.05) is 6.61 Å². The molecule has 176 valence electrons. The molecule has 0 fully saturated rings. The number of benzene rings is 2. The third-order valence-electron chi connectivity index (χ3n) is 5.31. The van der Waals surface area contributed by atoms with Crippen molar-refractivity contribution in [2.24, 2.45) is 0 Å². The molecule has 0 bridgehead atoms. The molecule has 2 heterocycles. The maximum Gasteiger partial charge on any atom is 0.262 e. The summed E-state index contributed by atoms with van der Waals surface area (Å²) in [4.78, 5) is 12.7. The quantitative estimate of drug-likeness (QED) is 0.188. The molecule has 0 spiro atoms. The van der Waals surface area contributed by atoms with Gasteiger partial charge < -0.3 is 14.5 Å². The molecule has 1 amide bonds. The van der Waals surface area contributed by atoms with Gasteiger partial charge in [0, 0.05) is 17.3 Å². The molecular formula is C28H26N4O3. The van der Waals surface area contributed by atoms with Gasteiger partial charge >= 0.3 is 0 Å². The molecule has 2 aromatic heterocycles. The maximum absolute atomic E-state index is 12.7. The Kier molecular flexibility index (Phi) is 7.77. The number of ether oxygens (including phenoxy) is 1. The first-order valence-corrected chi connectivity index (χ1v) is 11.5. The van der Waals surface area contributed by atoms with Crippen LogP contribution in [-0.2, 0) is 11.3 Å². The van der Waals surface area contributed by atoms with Crippen molar-refractivity contribution < 1.29 is 13.9 Å². The second-order valence-electron chi connectivity index (χ2n) is 7.87. The molecule has 0 atom stereocenters. The van der Waals surface area contributed by atoms with E-state index in [1.165, 1.54) is 6.26 Å². The fourth-order valence-electron chi connectivity index (χ4n) is 3.48. The van der Waals surface area contributed by atoms with E-state index in [0.29, 0.717) is 23.6 Å². The number of nitrogens with zero attached hydrogens (tertiary/aromatic N) is 3. The molecule has 0 aliphatic heterocycles. The third kappa shape index (κ3) is 6.06. The van der Waals surface area contributed by atoms with Crippen molar-refractivity contribution in [1.29, 1.82) is 5.26 Å². The highest BCUT2D eigenvalue weighted by molar-refractivity contribution is 6.02. The van der Waals surface area contributed by atoms with E-state index < -0.39 is 5.91 Å². The number of unbranched alkanes of at least 4 members (excludes halogenated alkanes) is 1. The van der Waals surface area contributed by atoms with E-state index in [0.717, 1.165) is 29.8 Å². The summed E-state index contributed by atoms with van der Waals surface area (Å²) in [5.41, 5.74) is 2.95. The molecule has 2 aromatic carbocycles. The van der Waals surface area contributed by atoms with E-state index in [9.17, 15) is 10.1 Å². The van der Waals surface area contributed by atoms with Crippen LogP contribution < -0.4 is 10.1 Å². The standard InChI is InChI=1S/C28H26N4O3/c1-2-3-14-34-25-12-7-9-21(17-25)27-23(20-32(31-27)24-10-5-4-6-11-24)16-22(18-29)28(33)30-19-26-13-8-15-35-26/h4-13,15-17,20H,2-3,14,19H2,1H3,(H,30,33)/b22-16-. The molecule has 7 nitrogen and oxygen atoms in total. The Labute approximate surface area is 204 Å². The number of aromatic nitrogens is 2. The highest BCUT2D eigenvalue weighted by atomic mass is 16.5. The third-order valence-corrected chi connectivity index (χ3v) is 5.31. The molecule has 0 aliphatic carbocycles. The van der Waals surface area contributed by atoms with E-state index in [2.05, 4.69) is 12.2 Å². The molecule has 0 unspecified atom stereocenters. The Balaban J connectivity index is 1.68. The summed E-state index contributed by atoms with van der Waals surface area (Å²) in [6, 6.07) is 22.9. The predicted octanol–water partition coefficient (Wildman–Crippen LogP) is 5.53. The van der Waals surface area contributed by atoms with Crippen molar-refractivity contribution in [3.8, 4) is 28.8 Å². The van der Waals surface area contributed by atoms with Crippen LogP contribution in [0.3, 0.4) is 0 Å². The first kappa shape index (κ1) is 23.6. The van der Waals surface area contributed by atoms with Crippen LogP contribution in [0.5, 0.6) is 5.75 Å². The molecule has 0 aliphatic rings. The lowest BCUT2D eigenvalue weighted by Crippen LogP contribution is -2.23. The van der Waals surface area contributed by atoms with Gasteiger partial charge in [-0.05, 0) is 48.9 Å². The van der Waals surface area contributed by atoms with Crippen LogP contribution in [0.15, 0.2) is 89.2 Å². The molecule has 4 aromatic rings. The second kappa shape index (κ2) is 11.5. The fourth-order valence-corrected chi connectivity index (χ4v) is 3.48. The van der Waals surface area contributed by atoms with Crippen molar-refractivity contribution in [2.45, 2.75) is 26.3 Å². The van der Waals surface area contributed by atoms with Gasteiger partial charge in [-0.2, -0.15) is 10.4 Å². The molecule has 1 N–H and O–H groups in total. The number of amides is 1. The van der Waals surface area contributed by atoms with E-state index in [1.807, 2.05) is 66.9 Å². The summed E-state index contributed by atoms with van der Waals surface area (Å²) < 4.78 is 12.9. The second-order valence-corrected chi connectivity index (χ2v) is 7.87. The maximum atomic E-state index is 12.7. The number of hydrogen-bond donors (Lipinski definition) is 1. The average molecular weight is 467 g/mol. The minimum atomic E-state index is -0.487. The predicted molar refractivity (Wildman–Crippen MR) is 134 cm³/mol. The summed E-state index contributed by atoms with van der Waals surface area (Å²) >= 11 is 0. The first-order valence-electron chi connectivity index (χ1n) is 11.5. The summed E-state index contributed by atoms with van der Waals surface area (Å²) in [5, 5.41) is 17.2. The molecule has 0 radical (unpaired) electrons. The van der Waals surface area contributed by atoms with Crippen molar-refractivity contribution in [3.63, 3.8) is 0 Å². The van der Waals surface area contributed by atoms with Gasteiger partial charge in [0.05, 0.1) is 25.1 Å². The number of carbonyl (C=O) groups excluding carboxylic acids is 1. The lowest BCUT2D eigenvalue weighted by Gasteiger charge is -2.07. The van der Waals surface area contributed by atoms with E-state index >= 15 is 0 Å². The Hall–Kier alpha value is -4.57. The number of rotatable bonds is 10. The molecule has 0 saturated carbocycles. The average Bonchev–Trinajstić information content (AvgIpc) is 3.57. The van der Waals surface area contributed by atoms with E-state index in [1.54, 1.807) is 22.9 Å². The molecule has 0 saturated heterocycles. The normalized spacial score (nSPS) is 11.1. The van der Waals surface area contributed by atoms with Gasteiger partial charge in [-0.25, -0.2) is 4.68 Å². The summed E-state index contributed by atoms with van der Waals surface area (Å²) in [5.74, 6) is 0.865. The van der Waals surface area contributed by atoms with Crippen LogP contribution in [0, 0.1) is 11.3 Å². The zero-order valence-corrected chi connectivity index (χ0v) is 19.5. The smallest absolute Gasteiger partial charge is 0.262 e. The van der Waals surface area contributed by atoms with Crippen LogP contribution in [0.25, 0.3) is 23.0 Å². The number of nitriles is 1. The number of nitrogens with one attached hydrogen (secondary N) is 1. The van der Waals surface area contributed by atoms with E-state index in [4.69, 9.17) is 14.3 Å². The summed E-state index contributed by atoms with van der Waals surface area (Å²) in [7, 11) is 0. The Morgan fingerprint density at radius 1 is 1.17 bits per heavy atom. The van der Waals surface area contributed by atoms with Gasteiger partial charge in [-0.1, -0.05) is 43.7 Å². The van der Waals surface area contributed by atoms with E-state index in [-0.39, 0.29) is 12.1 Å². The van der Waals surface area contributed by atoms with Gasteiger partial charge in [0.15, 0.2) is 0 Å². The Morgan fingerprint density at radius 2 is 2.03 bits per heavy atom. The van der Waals surface area contributed by atoms with Gasteiger partial charge in [0.1, 0.15) is 28.8 Å². The van der Waals surface area contributed by atoms with Crippen LogP contribution in [0.2, 0.25) is 0 Å². The monoisotopic (exact) mass is 466 g/mol. The fraction of sp³-hybridized carbons (Fsp3) is 0.179. The molecular weight excluding hydrogens is 440 g/mol. The van der Waals surface area contributed by atoms with Gasteiger partial charge in [0.25, 0.3) is 5.91 Å². The molecule has 4 rings (SSSR count). The molecule has 7 heteroatoms. The van der Waals surface area contributed by atoms with Crippen LogP contribution >= 0.6 is 0 Å². The Bertz CT molecular complexity index is 1330. The minimum absolute atomic E-state index is 0.0271. The zero-order chi connectivity index (χ0) is 24.5. The summed E-state index contributed by atoms with van der Waals surface area (Å²) in [6.07, 6.45) is 6.93. The number of para-hydroxylation sites is 1. The lowest BCUT2D eigenvalue weighted by atomic mass is 10.1. The zero-order valence-electron chi connectivity index (χ0n) is 19.5. The minimum Gasteiger partial charge on any atom is -0.494 e. The van der Waals surface area contributed by atoms with Gasteiger partial charge in [-0.3, -0.25) is 4.79 Å². The lowest BCUT2D eigenvalue weighted by molar-refractivity contribution is -0.117. The first-order chi connectivity index (χ1) is 17.2. The highest BCUT2D eigenvalue weighted by Gasteiger charge is 2.16. The SMILES string of the molecule is CCCCOc1cccc(-c2nn(-c3ccccc3)cc2/C=C(/C#N)C(=O)NCc2ccco2)c1. The largest absolute Gasteiger partial charge is 0.494 e. The molecule has 35 heavy (non-hydrogen) atoms. The number of hydrogen-bond acceptors (Lipinski definition) is 5. The van der Waals surface area contributed by atoms with Crippen LogP contribution in [0.4, 0.5) is 0 Å². The van der Waals surface area contributed by atoms with Crippen LogP contribution in [-0.4, -0.2) is 22.3 Å². The van der Waals surface area contributed by atoms with Crippen molar-refractivity contribution in [3.05, 3.63) is 96.1 Å².